The van der Waals surface area contributed by atoms with Crippen LogP contribution in [0, 0.1) is 5.82 Å². The number of benzene rings is 1. The molecule has 0 fully saturated rings. The molecule has 6 heteroatoms. The Morgan fingerprint density at radius 3 is 2.56 bits per heavy atom. The number of Topliss-reactive ketones (excluding diaryl/α,β-unsaturated/α-hetero) is 1. The molecular weight excluding hydrogens is 217 g/mol. The van der Waals surface area contributed by atoms with E-state index in [2.05, 4.69) is 4.74 Å². The zero-order valence-corrected chi connectivity index (χ0v) is 8.49. The summed E-state index contributed by atoms with van der Waals surface area (Å²) in [5.41, 5.74) is 4.61. The predicted molar refractivity (Wildman–Crippen MR) is 53.3 cm³/mol. The minimum Gasteiger partial charge on any atom is -0.493 e. The fourth-order valence-corrected chi connectivity index (χ4v) is 1.24. The van der Waals surface area contributed by atoms with Gasteiger partial charge in [0.05, 0.1) is 13.7 Å². The van der Waals surface area contributed by atoms with Crippen LogP contribution in [-0.4, -0.2) is 30.5 Å². The Kier molecular flexibility index (Phi) is 3.57. The molecule has 0 saturated heterocycles. The van der Waals surface area contributed by atoms with Gasteiger partial charge in [-0.05, 0) is 12.1 Å². The first-order chi connectivity index (χ1) is 7.51. The monoisotopic (exact) mass is 227 g/mol. The van der Waals surface area contributed by atoms with E-state index in [1.54, 1.807) is 0 Å². The molecule has 0 radical (unpaired) electrons. The van der Waals surface area contributed by atoms with Crippen molar-refractivity contribution in [1.82, 2.24) is 0 Å². The van der Waals surface area contributed by atoms with Gasteiger partial charge in [0.25, 0.3) is 0 Å². The normalized spacial score (nSPS) is 9.94. The second-order valence-corrected chi connectivity index (χ2v) is 2.97. The Morgan fingerprint density at radius 2 is 2.12 bits per heavy atom. The number of aromatic carboxylic acids is 1. The lowest BCUT2D eigenvalue weighted by atomic mass is 10.1. The van der Waals surface area contributed by atoms with Crippen LogP contribution in [0.3, 0.4) is 0 Å². The molecule has 0 aliphatic heterocycles. The van der Waals surface area contributed by atoms with E-state index in [4.69, 9.17) is 10.8 Å². The largest absolute Gasteiger partial charge is 0.493 e. The van der Waals surface area contributed by atoms with E-state index in [1.807, 2.05) is 0 Å². The summed E-state index contributed by atoms with van der Waals surface area (Å²) in [6.45, 7) is -0.315. The van der Waals surface area contributed by atoms with Crippen molar-refractivity contribution in [2.45, 2.75) is 0 Å². The second kappa shape index (κ2) is 4.71. The second-order valence-electron chi connectivity index (χ2n) is 2.97. The third kappa shape index (κ3) is 2.17. The number of carbonyl (C=O) groups excluding carboxylic acids is 1. The van der Waals surface area contributed by atoms with E-state index in [-0.39, 0.29) is 12.1 Å². The highest BCUT2D eigenvalue weighted by atomic mass is 19.1. The maximum atomic E-state index is 13.4. The van der Waals surface area contributed by atoms with Crippen LogP contribution in [0.2, 0.25) is 0 Å². The predicted octanol–water partition coefficient (Wildman–Crippen LogP) is 0.674. The fraction of sp³-hybridized carbons (Fsp3) is 0.200. The van der Waals surface area contributed by atoms with Gasteiger partial charge in [-0.1, -0.05) is 0 Å². The van der Waals surface area contributed by atoms with Gasteiger partial charge >= 0.3 is 5.97 Å². The van der Waals surface area contributed by atoms with Crippen molar-refractivity contribution in [2.24, 2.45) is 5.73 Å². The molecule has 1 aromatic rings. The van der Waals surface area contributed by atoms with Gasteiger partial charge in [0.1, 0.15) is 5.56 Å². The van der Waals surface area contributed by atoms with Gasteiger partial charge in [0.15, 0.2) is 17.3 Å². The van der Waals surface area contributed by atoms with Crippen molar-refractivity contribution >= 4 is 11.8 Å². The Hall–Kier alpha value is -1.95. The summed E-state index contributed by atoms with van der Waals surface area (Å²) in [5.74, 6) is -3.22. The number of hydrogen-bond donors (Lipinski definition) is 2. The topological polar surface area (TPSA) is 89.6 Å². The van der Waals surface area contributed by atoms with E-state index in [0.29, 0.717) is 0 Å². The van der Waals surface area contributed by atoms with E-state index in [1.165, 1.54) is 0 Å². The van der Waals surface area contributed by atoms with Crippen molar-refractivity contribution in [3.63, 3.8) is 0 Å². The zero-order chi connectivity index (χ0) is 12.3. The highest BCUT2D eigenvalue weighted by Gasteiger charge is 2.19. The maximum absolute atomic E-state index is 13.4. The van der Waals surface area contributed by atoms with Crippen LogP contribution in [0.1, 0.15) is 20.7 Å². The minimum absolute atomic E-state index is 0.0850. The minimum atomic E-state index is -1.37. The van der Waals surface area contributed by atoms with Gasteiger partial charge in [-0.2, -0.15) is 0 Å². The van der Waals surface area contributed by atoms with E-state index in [0.717, 1.165) is 19.2 Å². The summed E-state index contributed by atoms with van der Waals surface area (Å²) in [6.07, 6.45) is 0. The number of halogens is 1. The molecule has 0 heterocycles. The summed E-state index contributed by atoms with van der Waals surface area (Å²) >= 11 is 0. The number of carboxylic acid groups (broad SMARTS) is 1. The van der Waals surface area contributed by atoms with Gasteiger partial charge in [0.2, 0.25) is 0 Å². The summed E-state index contributed by atoms with van der Waals surface area (Å²) in [4.78, 5) is 22.0. The van der Waals surface area contributed by atoms with Crippen LogP contribution in [0.4, 0.5) is 4.39 Å². The molecule has 1 aromatic carbocycles. The molecule has 0 saturated carbocycles. The molecule has 0 atom stereocenters. The zero-order valence-electron chi connectivity index (χ0n) is 8.49. The molecule has 0 unspecified atom stereocenters. The van der Waals surface area contributed by atoms with Crippen LogP contribution >= 0.6 is 0 Å². The quantitative estimate of drug-likeness (QED) is 0.738. The van der Waals surface area contributed by atoms with E-state index in [9.17, 15) is 14.0 Å². The van der Waals surface area contributed by atoms with Gasteiger partial charge < -0.3 is 15.6 Å². The number of rotatable bonds is 4. The van der Waals surface area contributed by atoms with E-state index >= 15 is 0 Å². The summed E-state index contributed by atoms with van der Waals surface area (Å²) in [7, 11) is 1.15. The van der Waals surface area contributed by atoms with Crippen LogP contribution in [-0.2, 0) is 0 Å². The third-order valence-electron chi connectivity index (χ3n) is 1.99. The Balaban J connectivity index is 3.39. The van der Waals surface area contributed by atoms with Crippen LogP contribution in [0.25, 0.3) is 0 Å². The molecule has 3 N–H and O–H groups in total. The fourth-order valence-electron chi connectivity index (χ4n) is 1.24. The van der Waals surface area contributed by atoms with Crippen LogP contribution in [0.15, 0.2) is 12.1 Å². The first-order valence-electron chi connectivity index (χ1n) is 4.35. The molecule has 5 nitrogen and oxygen atoms in total. The summed E-state index contributed by atoms with van der Waals surface area (Å²) in [5, 5.41) is 8.81. The standard InChI is InChI=1S/C10H10FNO4/c1-16-9-6(10(14)15)2-5(3-7(9)11)8(13)4-12/h2-3H,4,12H2,1H3,(H,14,15). The van der Waals surface area contributed by atoms with Gasteiger partial charge in [-0.25, -0.2) is 9.18 Å². The molecule has 0 aliphatic rings. The molecule has 86 valence electrons. The number of methoxy groups -OCH3 is 1. The Morgan fingerprint density at radius 1 is 1.50 bits per heavy atom. The number of nitrogens with two attached hydrogens (primary N) is 1. The third-order valence-corrected chi connectivity index (χ3v) is 1.99. The lowest BCUT2D eigenvalue weighted by Crippen LogP contribution is -2.15. The van der Waals surface area contributed by atoms with E-state index < -0.39 is 28.9 Å². The molecule has 0 amide bonds. The first kappa shape index (κ1) is 12.1. The number of ketones is 1. The number of hydrogen-bond acceptors (Lipinski definition) is 4. The maximum Gasteiger partial charge on any atom is 0.339 e. The lowest BCUT2D eigenvalue weighted by molar-refractivity contribution is 0.0692. The molecule has 0 spiro atoms. The number of ether oxygens (including phenoxy) is 1. The molecule has 0 aliphatic carbocycles. The highest BCUT2D eigenvalue weighted by Crippen LogP contribution is 2.24. The first-order valence-corrected chi connectivity index (χ1v) is 4.35. The van der Waals surface area contributed by atoms with Gasteiger partial charge in [-0.3, -0.25) is 4.79 Å². The number of carbonyl (C=O) groups is 2. The molecular formula is C10H10FNO4. The number of carboxylic acids is 1. The van der Waals surface area contributed by atoms with Gasteiger partial charge in [0, 0.05) is 5.56 Å². The molecule has 0 bridgehead atoms. The Bertz CT molecular complexity index is 445. The average Bonchev–Trinajstić information content (AvgIpc) is 2.26. The van der Waals surface area contributed by atoms with Crippen molar-refractivity contribution in [3.05, 3.63) is 29.1 Å². The summed E-state index contributed by atoms with van der Waals surface area (Å²) in [6, 6.07) is 1.94. The molecule has 1 rings (SSSR count). The lowest BCUT2D eigenvalue weighted by Gasteiger charge is -2.08. The van der Waals surface area contributed by atoms with Crippen LogP contribution in [0.5, 0.6) is 5.75 Å². The summed E-state index contributed by atoms with van der Waals surface area (Å²) < 4.78 is 18.0. The van der Waals surface area contributed by atoms with Gasteiger partial charge in [-0.15, -0.1) is 0 Å². The van der Waals surface area contributed by atoms with Crippen molar-refractivity contribution in [2.75, 3.05) is 13.7 Å². The van der Waals surface area contributed by atoms with Crippen molar-refractivity contribution in [3.8, 4) is 5.75 Å². The van der Waals surface area contributed by atoms with Crippen molar-refractivity contribution < 1.29 is 23.8 Å². The average molecular weight is 227 g/mol. The molecule has 0 aromatic heterocycles. The van der Waals surface area contributed by atoms with Crippen molar-refractivity contribution in [1.29, 1.82) is 0 Å². The highest BCUT2D eigenvalue weighted by molar-refractivity contribution is 6.01. The SMILES string of the molecule is COc1c(F)cc(C(=O)CN)cc1C(=O)O. The molecule has 16 heavy (non-hydrogen) atoms. The Labute approximate surface area is 90.6 Å². The smallest absolute Gasteiger partial charge is 0.339 e. The van der Waals surface area contributed by atoms with Crippen LogP contribution < -0.4 is 10.5 Å².